The second-order valence-corrected chi connectivity index (χ2v) is 6.18. The lowest BCUT2D eigenvalue weighted by atomic mass is 9.90. The molecule has 0 bridgehead atoms. The summed E-state index contributed by atoms with van der Waals surface area (Å²) in [6.07, 6.45) is 3.52. The highest BCUT2D eigenvalue weighted by atomic mass is 16.3. The minimum absolute atomic E-state index is 0.529. The maximum Gasteiger partial charge on any atom is 0.273 e. The van der Waals surface area contributed by atoms with E-state index in [9.17, 15) is 9.90 Å². The summed E-state index contributed by atoms with van der Waals surface area (Å²) in [7, 11) is 0. The van der Waals surface area contributed by atoms with Crippen LogP contribution in [-0.4, -0.2) is 16.7 Å². The molecule has 4 nitrogen and oxygen atoms in total. The number of nitrogens with one attached hydrogen (secondary N) is 1. The fourth-order valence-corrected chi connectivity index (χ4v) is 3.01. The number of hydrogen-bond acceptors (Lipinski definition) is 3. The second kappa shape index (κ2) is 7.41. The number of hydrazone groups is 1. The van der Waals surface area contributed by atoms with Gasteiger partial charge < -0.3 is 5.11 Å². The number of amides is 1. The fraction of sp³-hybridized carbons (Fsp3) is 0.300. The van der Waals surface area contributed by atoms with E-state index in [-0.39, 0.29) is 0 Å². The van der Waals surface area contributed by atoms with Crippen LogP contribution in [0.3, 0.4) is 0 Å². The molecule has 1 atom stereocenters. The van der Waals surface area contributed by atoms with Gasteiger partial charge in [0.15, 0.2) is 6.10 Å². The van der Waals surface area contributed by atoms with E-state index in [4.69, 9.17) is 0 Å². The Bertz CT molecular complexity index is 753. The Kier molecular flexibility index (Phi) is 5.06. The molecule has 3 rings (SSSR count). The first-order valence-electron chi connectivity index (χ1n) is 8.34. The molecular formula is C20H22N2O2. The number of benzene rings is 2. The summed E-state index contributed by atoms with van der Waals surface area (Å²) in [4.78, 5) is 12.0. The van der Waals surface area contributed by atoms with E-state index in [1.54, 1.807) is 24.3 Å². The number of rotatable bonds is 4. The lowest BCUT2D eigenvalue weighted by Gasteiger charge is -2.16. The zero-order valence-electron chi connectivity index (χ0n) is 13.8. The van der Waals surface area contributed by atoms with E-state index in [1.807, 2.05) is 19.1 Å². The first kappa shape index (κ1) is 16.4. The quantitative estimate of drug-likeness (QED) is 0.671. The van der Waals surface area contributed by atoms with E-state index >= 15 is 0 Å². The highest BCUT2D eigenvalue weighted by Crippen LogP contribution is 2.22. The van der Waals surface area contributed by atoms with Crippen LogP contribution >= 0.6 is 0 Å². The Morgan fingerprint density at radius 1 is 1.08 bits per heavy atom. The van der Waals surface area contributed by atoms with Gasteiger partial charge in [-0.25, -0.2) is 5.43 Å². The Morgan fingerprint density at radius 3 is 2.54 bits per heavy atom. The van der Waals surface area contributed by atoms with Gasteiger partial charge in [-0.15, -0.1) is 0 Å². The van der Waals surface area contributed by atoms with Gasteiger partial charge in [-0.2, -0.15) is 5.10 Å². The van der Waals surface area contributed by atoms with Gasteiger partial charge in [0.05, 0.1) is 5.71 Å². The highest BCUT2D eigenvalue weighted by molar-refractivity contribution is 5.99. The standard InChI is InChI=1S/C20H22N2O2/c1-14(17-12-11-15-7-5-6-10-18(15)13-17)21-22-20(24)19(23)16-8-3-2-4-9-16/h2-4,8-9,11-13,19,23H,5-7,10H2,1H3,(H,22,24)/b21-14-/t19-/m1/s1. The molecule has 1 aliphatic carbocycles. The SMILES string of the molecule is C/C(=N/NC(=O)[C@H](O)c1ccccc1)c1ccc2c(c1)CCCC2. The maximum absolute atomic E-state index is 12.0. The minimum Gasteiger partial charge on any atom is -0.378 e. The molecule has 24 heavy (non-hydrogen) atoms. The Hall–Kier alpha value is -2.46. The second-order valence-electron chi connectivity index (χ2n) is 6.18. The molecule has 4 heteroatoms. The van der Waals surface area contributed by atoms with E-state index in [0.29, 0.717) is 5.56 Å². The van der Waals surface area contributed by atoms with Crippen LogP contribution in [0.25, 0.3) is 0 Å². The molecule has 0 saturated heterocycles. The van der Waals surface area contributed by atoms with Gasteiger partial charge >= 0.3 is 0 Å². The van der Waals surface area contributed by atoms with Crippen molar-refractivity contribution in [3.8, 4) is 0 Å². The highest BCUT2D eigenvalue weighted by Gasteiger charge is 2.16. The van der Waals surface area contributed by atoms with E-state index in [1.165, 1.54) is 24.0 Å². The molecule has 2 aromatic rings. The summed E-state index contributed by atoms with van der Waals surface area (Å²) in [5, 5.41) is 14.2. The lowest BCUT2D eigenvalue weighted by molar-refractivity contribution is -0.129. The molecule has 0 aromatic heterocycles. The van der Waals surface area contributed by atoms with Crippen molar-refractivity contribution in [3.05, 3.63) is 70.8 Å². The number of nitrogens with zero attached hydrogens (tertiary/aromatic N) is 1. The van der Waals surface area contributed by atoms with Gasteiger partial charge in [-0.05, 0) is 60.9 Å². The van der Waals surface area contributed by atoms with Gasteiger partial charge in [0.1, 0.15) is 0 Å². The van der Waals surface area contributed by atoms with Crippen LogP contribution in [0, 0.1) is 0 Å². The van der Waals surface area contributed by atoms with Gasteiger partial charge in [-0.1, -0.05) is 42.5 Å². The van der Waals surface area contributed by atoms with Crippen LogP contribution in [0.4, 0.5) is 0 Å². The Balaban J connectivity index is 1.69. The Morgan fingerprint density at radius 2 is 1.79 bits per heavy atom. The topological polar surface area (TPSA) is 61.7 Å². The van der Waals surface area contributed by atoms with Gasteiger partial charge in [0.25, 0.3) is 5.91 Å². The van der Waals surface area contributed by atoms with Crippen molar-refractivity contribution in [2.24, 2.45) is 5.10 Å². The maximum atomic E-state index is 12.0. The average Bonchev–Trinajstić information content (AvgIpc) is 2.65. The van der Waals surface area contributed by atoms with Crippen LogP contribution in [-0.2, 0) is 17.6 Å². The number of aliphatic hydroxyl groups is 1. The molecule has 0 heterocycles. The van der Waals surface area contributed by atoms with Crippen LogP contribution in [0.1, 0.15) is 48.1 Å². The largest absolute Gasteiger partial charge is 0.378 e. The zero-order valence-corrected chi connectivity index (χ0v) is 13.8. The van der Waals surface area contributed by atoms with Crippen LogP contribution in [0.2, 0.25) is 0 Å². The minimum atomic E-state index is -1.22. The number of carbonyl (C=O) groups excluding carboxylic acids is 1. The zero-order chi connectivity index (χ0) is 16.9. The average molecular weight is 322 g/mol. The van der Waals surface area contributed by atoms with Crippen molar-refractivity contribution in [2.75, 3.05) is 0 Å². The summed E-state index contributed by atoms with van der Waals surface area (Å²) in [5.41, 5.74) is 7.55. The Labute approximate surface area is 142 Å². The molecular weight excluding hydrogens is 300 g/mol. The van der Waals surface area contributed by atoms with Crippen LogP contribution in [0.15, 0.2) is 53.6 Å². The van der Waals surface area contributed by atoms with E-state index in [2.05, 4.69) is 22.7 Å². The first-order chi connectivity index (χ1) is 11.6. The van der Waals surface area contributed by atoms with Crippen LogP contribution < -0.4 is 5.43 Å². The molecule has 0 aliphatic heterocycles. The third-order valence-corrected chi connectivity index (χ3v) is 4.46. The summed E-state index contributed by atoms with van der Waals surface area (Å²) >= 11 is 0. The van der Waals surface area contributed by atoms with Crippen LogP contribution in [0.5, 0.6) is 0 Å². The van der Waals surface area contributed by atoms with E-state index in [0.717, 1.165) is 24.1 Å². The molecule has 2 aromatic carbocycles. The van der Waals surface area contributed by atoms with Gasteiger partial charge in [0.2, 0.25) is 0 Å². The number of fused-ring (bicyclic) bond motifs is 1. The van der Waals surface area contributed by atoms with Gasteiger partial charge in [-0.3, -0.25) is 4.79 Å². The fourth-order valence-electron chi connectivity index (χ4n) is 3.01. The number of aliphatic hydroxyl groups excluding tert-OH is 1. The lowest BCUT2D eigenvalue weighted by Crippen LogP contribution is -2.26. The molecule has 1 amide bonds. The molecule has 0 fully saturated rings. The molecule has 124 valence electrons. The van der Waals surface area contributed by atoms with Crippen molar-refractivity contribution >= 4 is 11.6 Å². The summed E-state index contributed by atoms with van der Waals surface area (Å²) in [6.45, 7) is 1.86. The summed E-state index contributed by atoms with van der Waals surface area (Å²) in [6, 6.07) is 15.2. The third-order valence-electron chi connectivity index (χ3n) is 4.46. The molecule has 1 aliphatic rings. The number of hydrogen-bond donors (Lipinski definition) is 2. The summed E-state index contributed by atoms with van der Waals surface area (Å²) in [5.74, 6) is -0.529. The predicted octanol–water partition coefficient (Wildman–Crippen LogP) is 3.14. The number of carbonyl (C=O) groups is 1. The molecule has 2 N–H and O–H groups in total. The van der Waals surface area contributed by atoms with Crippen molar-refractivity contribution in [2.45, 2.75) is 38.7 Å². The normalized spacial score (nSPS) is 15.5. The first-order valence-corrected chi connectivity index (χ1v) is 8.34. The predicted molar refractivity (Wildman–Crippen MR) is 94.8 cm³/mol. The smallest absolute Gasteiger partial charge is 0.273 e. The van der Waals surface area contributed by atoms with Gasteiger partial charge in [0, 0.05) is 0 Å². The molecule has 0 unspecified atom stereocenters. The van der Waals surface area contributed by atoms with E-state index < -0.39 is 12.0 Å². The van der Waals surface area contributed by atoms with Crippen molar-refractivity contribution in [3.63, 3.8) is 0 Å². The van der Waals surface area contributed by atoms with Crippen molar-refractivity contribution in [1.82, 2.24) is 5.43 Å². The molecule has 0 saturated carbocycles. The monoisotopic (exact) mass is 322 g/mol. The molecule has 0 radical (unpaired) electrons. The number of aryl methyl sites for hydroxylation is 2. The third kappa shape index (κ3) is 3.71. The summed E-state index contributed by atoms with van der Waals surface area (Å²) < 4.78 is 0. The van der Waals surface area contributed by atoms with Crippen molar-refractivity contribution < 1.29 is 9.90 Å². The van der Waals surface area contributed by atoms with Crippen molar-refractivity contribution in [1.29, 1.82) is 0 Å². The molecule has 0 spiro atoms.